The Labute approximate surface area is 108 Å². The average Bonchev–Trinajstić information content (AvgIpc) is 2.32. The molecule has 0 aliphatic rings. The van der Waals surface area contributed by atoms with Crippen molar-refractivity contribution in [3.8, 4) is 11.1 Å². The molecule has 2 aromatic rings. The molecule has 0 saturated carbocycles. The van der Waals surface area contributed by atoms with Crippen LogP contribution in [0.25, 0.3) is 11.1 Å². The van der Waals surface area contributed by atoms with Gasteiger partial charge in [0.25, 0.3) is 0 Å². The molecule has 0 atom stereocenters. The molecule has 0 spiro atoms. The Bertz CT molecular complexity index is 555. The van der Waals surface area contributed by atoms with Crippen LogP contribution in [0.5, 0.6) is 0 Å². The van der Waals surface area contributed by atoms with Gasteiger partial charge in [-0.1, -0.05) is 29.3 Å². The summed E-state index contributed by atoms with van der Waals surface area (Å²) in [5.74, 6) is -0.391. The number of hydrogen-bond donors (Lipinski definition) is 1. The summed E-state index contributed by atoms with van der Waals surface area (Å²) in [6, 6.07) is 9.47. The van der Waals surface area contributed by atoms with E-state index in [4.69, 9.17) is 28.3 Å². The predicted octanol–water partition coefficient (Wildman–Crippen LogP) is 4.29. The average molecular weight is 271 g/mol. The SMILES string of the molecule is OCc1cc(F)cc(-c2ccc(Cl)c(Cl)c2)c1. The first kappa shape index (κ1) is 12.4. The highest BCUT2D eigenvalue weighted by atomic mass is 35.5. The molecule has 0 unspecified atom stereocenters. The minimum atomic E-state index is -0.391. The molecule has 0 aliphatic carbocycles. The molecule has 0 saturated heterocycles. The Balaban J connectivity index is 2.52. The van der Waals surface area contributed by atoms with E-state index in [0.29, 0.717) is 21.2 Å². The van der Waals surface area contributed by atoms with Crippen molar-refractivity contribution in [3.63, 3.8) is 0 Å². The van der Waals surface area contributed by atoms with Gasteiger partial charge in [0, 0.05) is 0 Å². The maximum absolute atomic E-state index is 13.3. The molecule has 0 fully saturated rings. The van der Waals surface area contributed by atoms with Gasteiger partial charge in [0.1, 0.15) is 5.82 Å². The first-order valence-electron chi connectivity index (χ1n) is 4.96. The molecular formula is C13H9Cl2FO. The van der Waals surface area contributed by atoms with Gasteiger partial charge in [-0.15, -0.1) is 0 Å². The molecule has 1 N–H and O–H groups in total. The van der Waals surface area contributed by atoms with Gasteiger partial charge >= 0.3 is 0 Å². The Kier molecular flexibility index (Phi) is 3.67. The highest BCUT2D eigenvalue weighted by molar-refractivity contribution is 6.42. The normalized spacial score (nSPS) is 10.6. The van der Waals surface area contributed by atoms with Crippen LogP contribution in [0.15, 0.2) is 36.4 Å². The molecule has 0 amide bonds. The Hall–Kier alpha value is -1.09. The summed E-state index contributed by atoms with van der Waals surface area (Å²) < 4.78 is 13.3. The smallest absolute Gasteiger partial charge is 0.124 e. The van der Waals surface area contributed by atoms with Crippen molar-refractivity contribution >= 4 is 23.2 Å². The third kappa shape index (κ3) is 2.78. The maximum Gasteiger partial charge on any atom is 0.124 e. The molecule has 88 valence electrons. The fraction of sp³-hybridized carbons (Fsp3) is 0.0769. The van der Waals surface area contributed by atoms with Crippen LogP contribution in [-0.2, 0) is 6.61 Å². The van der Waals surface area contributed by atoms with Gasteiger partial charge in [-0.2, -0.15) is 0 Å². The van der Waals surface area contributed by atoms with E-state index >= 15 is 0 Å². The maximum atomic E-state index is 13.3. The standard InChI is InChI=1S/C13H9Cl2FO/c14-12-2-1-9(6-13(12)15)10-3-8(7-17)4-11(16)5-10/h1-6,17H,7H2. The van der Waals surface area contributed by atoms with Crippen LogP contribution in [-0.4, -0.2) is 5.11 Å². The van der Waals surface area contributed by atoms with Crippen LogP contribution in [0.2, 0.25) is 10.0 Å². The lowest BCUT2D eigenvalue weighted by Crippen LogP contribution is -1.88. The summed E-state index contributed by atoms with van der Waals surface area (Å²) in [4.78, 5) is 0. The van der Waals surface area contributed by atoms with E-state index in [0.717, 1.165) is 5.56 Å². The minimum Gasteiger partial charge on any atom is -0.392 e. The lowest BCUT2D eigenvalue weighted by molar-refractivity contribution is 0.281. The molecule has 0 aliphatic heterocycles. The molecule has 17 heavy (non-hydrogen) atoms. The highest BCUT2D eigenvalue weighted by Gasteiger charge is 2.05. The van der Waals surface area contributed by atoms with Crippen LogP contribution in [0, 0.1) is 5.82 Å². The van der Waals surface area contributed by atoms with E-state index in [1.54, 1.807) is 24.3 Å². The van der Waals surface area contributed by atoms with Gasteiger partial charge < -0.3 is 5.11 Å². The molecule has 2 rings (SSSR count). The molecule has 0 bridgehead atoms. The topological polar surface area (TPSA) is 20.2 Å². The lowest BCUT2D eigenvalue weighted by Gasteiger charge is -2.06. The van der Waals surface area contributed by atoms with E-state index in [9.17, 15) is 4.39 Å². The van der Waals surface area contributed by atoms with E-state index in [1.807, 2.05) is 0 Å². The van der Waals surface area contributed by atoms with Crippen molar-refractivity contribution in [1.82, 2.24) is 0 Å². The Morgan fingerprint density at radius 1 is 0.941 bits per heavy atom. The summed E-state index contributed by atoms with van der Waals surface area (Å²) in [5, 5.41) is 9.89. The zero-order valence-corrected chi connectivity index (χ0v) is 10.3. The fourth-order valence-corrected chi connectivity index (χ4v) is 1.88. The van der Waals surface area contributed by atoms with Crippen molar-refractivity contribution in [3.05, 3.63) is 57.8 Å². The Morgan fingerprint density at radius 2 is 1.71 bits per heavy atom. The van der Waals surface area contributed by atoms with Crippen molar-refractivity contribution in [2.45, 2.75) is 6.61 Å². The van der Waals surface area contributed by atoms with Gasteiger partial charge in [-0.3, -0.25) is 0 Å². The molecule has 0 radical (unpaired) electrons. The largest absolute Gasteiger partial charge is 0.392 e. The molecule has 0 heterocycles. The van der Waals surface area contributed by atoms with Gasteiger partial charge in [-0.25, -0.2) is 4.39 Å². The van der Waals surface area contributed by atoms with Crippen molar-refractivity contribution in [2.24, 2.45) is 0 Å². The highest BCUT2D eigenvalue weighted by Crippen LogP contribution is 2.29. The second-order valence-corrected chi connectivity index (χ2v) is 4.45. The molecule has 4 heteroatoms. The van der Waals surface area contributed by atoms with Crippen LogP contribution in [0.4, 0.5) is 4.39 Å². The summed E-state index contributed by atoms with van der Waals surface area (Å²) in [5.41, 5.74) is 1.94. The second kappa shape index (κ2) is 5.05. The zero-order valence-electron chi connectivity index (χ0n) is 8.75. The number of rotatable bonds is 2. The summed E-state index contributed by atoms with van der Waals surface area (Å²) in [7, 11) is 0. The van der Waals surface area contributed by atoms with Gasteiger partial charge in [0.15, 0.2) is 0 Å². The van der Waals surface area contributed by atoms with Crippen LogP contribution < -0.4 is 0 Å². The van der Waals surface area contributed by atoms with Gasteiger partial charge in [-0.05, 0) is 47.0 Å². The third-order valence-corrected chi connectivity index (χ3v) is 3.13. The van der Waals surface area contributed by atoms with Crippen LogP contribution in [0.1, 0.15) is 5.56 Å². The van der Waals surface area contributed by atoms with E-state index in [2.05, 4.69) is 0 Å². The Morgan fingerprint density at radius 3 is 2.35 bits per heavy atom. The molecule has 2 aromatic carbocycles. The number of aliphatic hydroxyl groups is 1. The van der Waals surface area contributed by atoms with E-state index < -0.39 is 5.82 Å². The predicted molar refractivity (Wildman–Crippen MR) is 67.8 cm³/mol. The number of halogens is 3. The van der Waals surface area contributed by atoms with E-state index in [-0.39, 0.29) is 6.61 Å². The first-order valence-corrected chi connectivity index (χ1v) is 5.71. The van der Waals surface area contributed by atoms with Gasteiger partial charge in [0.2, 0.25) is 0 Å². The first-order chi connectivity index (χ1) is 8.10. The molecule has 0 aromatic heterocycles. The van der Waals surface area contributed by atoms with Gasteiger partial charge in [0.05, 0.1) is 16.7 Å². The third-order valence-electron chi connectivity index (χ3n) is 2.39. The minimum absolute atomic E-state index is 0.202. The molecular weight excluding hydrogens is 262 g/mol. The quantitative estimate of drug-likeness (QED) is 0.863. The lowest BCUT2D eigenvalue weighted by atomic mass is 10.0. The van der Waals surface area contributed by atoms with Crippen molar-refractivity contribution in [2.75, 3.05) is 0 Å². The monoisotopic (exact) mass is 270 g/mol. The molecule has 1 nitrogen and oxygen atoms in total. The number of benzene rings is 2. The fourth-order valence-electron chi connectivity index (χ4n) is 1.58. The van der Waals surface area contributed by atoms with Crippen LogP contribution in [0.3, 0.4) is 0 Å². The van der Waals surface area contributed by atoms with Crippen LogP contribution >= 0.6 is 23.2 Å². The number of hydrogen-bond acceptors (Lipinski definition) is 1. The summed E-state index contributed by atoms with van der Waals surface area (Å²) in [6.07, 6.45) is 0. The number of aliphatic hydroxyl groups excluding tert-OH is 1. The zero-order chi connectivity index (χ0) is 12.4. The van der Waals surface area contributed by atoms with Crippen molar-refractivity contribution in [1.29, 1.82) is 0 Å². The summed E-state index contributed by atoms with van der Waals surface area (Å²) >= 11 is 11.7. The van der Waals surface area contributed by atoms with Crippen molar-refractivity contribution < 1.29 is 9.50 Å². The summed E-state index contributed by atoms with van der Waals surface area (Å²) in [6.45, 7) is -0.202. The van der Waals surface area contributed by atoms with E-state index in [1.165, 1.54) is 12.1 Å². The second-order valence-electron chi connectivity index (χ2n) is 3.64.